The van der Waals surface area contributed by atoms with E-state index in [2.05, 4.69) is 5.43 Å². The van der Waals surface area contributed by atoms with Gasteiger partial charge in [0.05, 0.1) is 48.8 Å². The van der Waals surface area contributed by atoms with E-state index in [4.69, 9.17) is 32.7 Å². The number of fused-ring (bicyclic) bond motifs is 4. The molecule has 4 atom stereocenters. The van der Waals surface area contributed by atoms with Crippen LogP contribution in [0, 0.1) is 5.92 Å². The summed E-state index contributed by atoms with van der Waals surface area (Å²) >= 11 is 12.6. The number of nitrogens with zero attached hydrogens (tertiary/aromatic N) is 4. The Kier molecular flexibility index (Phi) is 7.25. The molecule has 3 aromatic carbocycles. The number of hydrogen-bond donors (Lipinski definition) is 2. The highest BCUT2D eigenvalue weighted by Crippen LogP contribution is 2.63. The molecule has 1 saturated carbocycles. The largest absolute Gasteiger partial charge is 0.508 e. The number of benzene rings is 3. The molecular formula is C33H29Cl2N5O7. The number of aromatic nitrogens is 3. The second-order valence-corrected chi connectivity index (χ2v) is 12.6. The molecule has 1 aromatic heterocycles. The van der Waals surface area contributed by atoms with Crippen LogP contribution in [0.15, 0.2) is 81.9 Å². The molecule has 0 bridgehead atoms. The van der Waals surface area contributed by atoms with Gasteiger partial charge in [-0.3, -0.25) is 15.0 Å². The number of hydrogen-bond acceptors (Lipinski definition) is 8. The predicted molar refractivity (Wildman–Crippen MR) is 173 cm³/mol. The molecule has 12 nitrogen and oxygen atoms in total. The number of phenolic OH excluding ortho intramolecular Hbond substituents is 1. The molecule has 2 N–H and O–H groups in total. The van der Waals surface area contributed by atoms with Gasteiger partial charge in [0.25, 0.3) is 11.8 Å². The normalized spacial score (nSPS) is 23.1. The summed E-state index contributed by atoms with van der Waals surface area (Å²) in [6.45, 7) is 0.0437. The molecule has 242 valence electrons. The molecule has 4 aromatic rings. The minimum absolute atomic E-state index is 0.00570. The van der Waals surface area contributed by atoms with E-state index in [1.807, 2.05) is 6.08 Å². The number of carbonyl (C=O) groups excluding carboxylic acids is 2. The van der Waals surface area contributed by atoms with Crippen LogP contribution in [-0.2, 0) is 28.6 Å². The number of allylic oxidation sites excluding steroid dienone is 2. The van der Waals surface area contributed by atoms with Gasteiger partial charge in [0.15, 0.2) is 0 Å². The maximum Gasteiger partial charge on any atom is 0.347 e. The number of hydrazine groups is 1. The zero-order valence-corrected chi connectivity index (χ0v) is 27.0. The Balaban J connectivity index is 1.52. The third-order valence-electron chi connectivity index (χ3n) is 9.58. The van der Waals surface area contributed by atoms with Crippen molar-refractivity contribution in [1.29, 1.82) is 0 Å². The summed E-state index contributed by atoms with van der Waals surface area (Å²) < 4.78 is 14.4. The first-order valence-electron chi connectivity index (χ1n) is 14.7. The topological polar surface area (TPSA) is 137 Å². The first-order chi connectivity index (χ1) is 22.5. The molecule has 1 saturated heterocycles. The van der Waals surface area contributed by atoms with E-state index in [0.29, 0.717) is 33.2 Å². The fourth-order valence-corrected chi connectivity index (χ4v) is 7.90. The van der Waals surface area contributed by atoms with Crippen molar-refractivity contribution < 1.29 is 24.2 Å². The number of ether oxygens (including phenoxy) is 2. The summed E-state index contributed by atoms with van der Waals surface area (Å²) in [5.74, 6) is -2.44. The van der Waals surface area contributed by atoms with Crippen LogP contribution in [0.2, 0.25) is 10.0 Å². The quantitative estimate of drug-likeness (QED) is 0.231. The number of rotatable bonds is 6. The van der Waals surface area contributed by atoms with Gasteiger partial charge in [-0.2, -0.15) is 5.01 Å². The van der Waals surface area contributed by atoms with Crippen LogP contribution >= 0.6 is 23.2 Å². The number of aromatic hydroxyl groups is 1. The highest BCUT2D eigenvalue weighted by molar-refractivity contribution is 6.36. The highest BCUT2D eigenvalue weighted by atomic mass is 35.5. The van der Waals surface area contributed by atoms with Crippen LogP contribution in [0.4, 0.5) is 5.69 Å². The van der Waals surface area contributed by atoms with Crippen molar-refractivity contribution in [3.8, 4) is 17.2 Å². The van der Waals surface area contributed by atoms with E-state index in [1.54, 1.807) is 48.5 Å². The Bertz CT molecular complexity index is 2120. The van der Waals surface area contributed by atoms with E-state index in [-0.39, 0.29) is 29.4 Å². The lowest BCUT2D eigenvalue weighted by Crippen LogP contribution is -2.53. The van der Waals surface area contributed by atoms with Crippen LogP contribution in [0.5, 0.6) is 17.2 Å². The van der Waals surface area contributed by atoms with Crippen molar-refractivity contribution in [1.82, 2.24) is 18.9 Å². The van der Waals surface area contributed by atoms with Gasteiger partial charge >= 0.3 is 11.4 Å². The summed E-state index contributed by atoms with van der Waals surface area (Å²) in [7, 11) is 4.39. The number of carbonyl (C=O) groups is 2. The van der Waals surface area contributed by atoms with Crippen LogP contribution in [-0.4, -0.2) is 50.1 Å². The Morgan fingerprint density at radius 2 is 1.62 bits per heavy atom. The molecule has 1 aliphatic carbocycles. The molecule has 14 heteroatoms. The molecule has 0 spiro atoms. The number of halogens is 2. The van der Waals surface area contributed by atoms with Crippen molar-refractivity contribution in [3.05, 3.63) is 114 Å². The Morgan fingerprint density at radius 3 is 2.28 bits per heavy atom. The second-order valence-electron chi connectivity index (χ2n) is 11.7. The lowest BCUT2D eigenvalue weighted by Gasteiger charge is -2.49. The summed E-state index contributed by atoms with van der Waals surface area (Å²) in [4.78, 5) is 56.3. The van der Waals surface area contributed by atoms with Gasteiger partial charge in [-0.1, -0.05) is 47.5 Å². The number of nitrogens with one attached hydrogen (secondary N) is 1. The van der Waals surface area contributed by atoms with Gasteiger partial charge in [0.2, 0.25) is 0 Å². The maximum atomic E-state index is 15.2. The molecule has 2 aliphatic heterocycles. The van der Waals surface area contributed by atoms with Crippen LogP contribution in [0.1, 0.15) is 29.5 Å². The number of phenols is 1. The summed E-state index contributed by atoms with van der Waals surface area (Å²) in [5.41, 5.74) is 1.97. The summed E-state index contributed by atoms with van der Waals surface area (Å²) in [6, 6.07) is 15.5. The molecule has 2 amide bonds. The number of methoxy groups -OCH3 is 2. The van der Waals surface area contributed by atoms with Crippen molar-refractivity contribution in [2.24, 2.45) is 13.0 Å². The van der Waals surface area contributed by atoms with Crippen LogP contribution in [0.25, 0.3) is 0 Å². The number of amides is 2. The zero-order valence-electron chi connectivity index (χ0n) is 25.4. The lowest BCUT2D eigenvalue weighted by atomic mass is 9.53. The van der Waals surface area contributed by atoms with Gasteiger partial charge in [-0.25, -0.2) is 23.5 Å². The van der Waals surface area contributed by atoms with E-state index < -0.39 is 46.5 Å². The van der Waals surface area contributed by atoms with Crippen molar-refractivity contribution in [2.45, 2.75) is 30.3 Å². The molecule has 7 rings (SSSR count). The lowest BCUT2D eigenvalue weighted by molar-refractivity contribution is -0.138. The van der Waals surface area contributed by atoms with Crippen molar-refractivity contribution in [2.75, 3.05) is 19.6 Å². The smallest absolute Gasteiger partial charge is 0.347 e. The van der Waals surface area contributed by atoms with Gasteiger partial charge in [0.1, 0.15) is 17.2 Å². The first-order valence-corrected chi connectivity index (χ1v) is 15.5. The fraction of sp³-hybridized carbons (Fsp3) is 0.273. The van der Waals surface area contributed by atoms with Crippen LogP contribution in [0.3, 0.4) is 0 Å². The molecular weight excluding hydrogens is 649 g/mol. The van der Waals surface area contributed by atoms with E-state index in [1.165, 1.54) is 42.8 Å². The summed E-state index contributed by atoms with van der Waals surface area (Å²) in [5, 5.41) is 13.0. The average molecular weight is 679 g/mol. The molecule has 0 radical (unpaired) electrons. The highest BCUT2D eigenvalue weighted by Gasteiger charge is 2.69. The molecule has 47 heavy (non-hydrogen) atoms. The molecule has 3 aliphatic rings. The Labute approximate surface area is 277 Å². The Hall–Kier alpha value is -4.94. The number of imide groups is 1. The zero-order chi connectivity index (χ0) is 33.4. The van der Waals surface area contributed by atoms with E-state index >= 15 is 4.79 Å². The fourth-order valence-electron chi connectivity index (χ4n) is 7.45. The number of anilines is 1. The van der Waals surface area contributed by atoms with Gasteiger partial charge in [-0.05, 0) is 54.0 Å². The third kappa shape index (κ3) is 4.35. The second kappa shape index (κ2) is 11.1. The average Bonchev–Trinajstić information content (AvgIpc) is 3.42. The molecule has 3 heterocycles. The first kappa shape index (κ1) is 30.7. The van der Waals surface area contributed by atoms with Gasteiger partial charge in [0, 0.05) is 29.6 Å². The van der Waals surface area contributed by atoms with Crippen molar-refractivity contribution in [3.63, 3.8) is 0 Å². The van der Waals surface area contributed by atoms with E-state index in [9.17, 15) is 19.5 Å². The minimum atomic E-state index is -1.62. The standard InChI is InChI=1S/C33H29Cl2N5O7/c1-37-31(44)38-13-12-21-26(40(38)32(37)45)16-23-29(42)39(36-25-11-6-18(34)14-24(25)35)30(43)33(23,17-4-7-19(46-2)8-5-17)28(21)22-10-9-20(47-3)15-27(22)41/h4-12,14-15,23,26,28,36,41H,13,16H2,1-3H3/t23-,26+,28+,33+/m0/s1. The maximum absolute atomic E-state index is 15.2. The summed E-state index contributed by atoms with van der Waals surface area (Å²) in [6.07, 6.45) is 1.82. The monoisotopic (exact) mass is 677 g/mol. The third-order valence-corrected chi connectivity index (χ3v) is 10.1. The van der Waals surface area contributed by atoms with E-state index in [0.717, 1.165) is 9.58 Å². The van der Waals surface area contributed by atoms with Gasteiger partial charge in [-0.15, -0.1) is 0 Å². The predicted octanol–water partition coefficient (Wildman–Crippen LogP) is 4.00. The Morgan fingerprint density at radius 1 is 0.915 bits per heavy atom. The minimum Gasteiger partial charge on any atom is -0.508 e. The SMILES string of the molecule is COc1ccc([C@@]23C(=O)N(Nc4ccc(Cl)cc4Cl)C(=O)[C@@H]2C[C@@H]2C(=CCn4c(=O)n(C)c(=O)n42)[C@@H]3c2ccc(OC)cc2O)cc1. The van der Waals surface area contributed by atoms with Crippen LogP contribution < -0.4 is 26.3 Å². The van der Waals surface area contributed by atoms with Gasteiger partial charge < -0.3 is 14.6 Å². The molecule has 0 unspecified atom stereocenters. The molecule has 2 fully saturated rings. The van der Waals surface area contributed by atoms with Crippen molar-refractivity contribution >= 4 is 40.7 Å².